The highest BCUT2D eigenvalue weighted by Crippen LogP contribution is 2.28. The Labute approximate surface area is 189 Å². The van der Waals surface area contributed by atoms with E-state index in [1.54, 1.807) is 0 Å². The molecule has 0 fully saturated rings. The van der Waals surface area contributed by atoms with Gasteiger partial charge in [-0.3, -0.25) is 4.99 Å². The van der Waals surface area contributed by atoms with E-state index in [0.717, 1.165) is 39.1 Å². The fourth-order valence-corrected chi connectivity index (χ4v) is 4.22. The maximum atomic E-state index is 5.86. The molecule has 0 unspecified atom stereocenters. The van der Waals surface area contributed by atoms with Crippen LogP contribution in [0.3, 0.4) is 0 Å². The topological polar surface area (TPSA) is 38.4 Å². The summed E-state index contributed by atoms with van der Waals surface area (Å²) in [6.45, 7) is 7.01. The highest BCUT2D eigenvalue weighted by Gasteiger charge is 2.25. The van der Waals surface area contributed by atoms with Gasteiger partial charge in [-0.15, -0.1) is 0 Å². The highest BCUT2D eigenvalue weighted by molar-refractivity contribution is 6.06. The van der Waals surface area contributed by atoms with Gasteiger partial charge >= 0.3 is 0 Å². The first kappa shape index (κ1) is 21.7. The molecule has 1 aromatic heterocycles. The maximum Gasteiger partial charge on any atom is 0.235 e. The number of nitrogens with zero attached hydrogens (tertiary/aromatic N) is 3. The molecular formula is C28H30N3O+. The minimum absolute atomic E-state index is 0.204. The second kappa shape index (κ2) is 8.91. The van der Waals surface area contributed by atoms with Gasteiger partial charge in [0.15, 0.2) is 11.3 Å². The van der Waals surface area contributed by atoms with Crippen LogP contribution >= 0.6 is 0 Å². The molecule has 0 radical (unpaired) electrons. The number of hydrogen-bond donors (Lipinski definition) is 0. The lowest BCUT2D eigenvalue weighted by Gasteiger charge is -2.25. The Morgan fingerprint density at radius 3 is 2.34 bits per heavy atom. The summed E-state index contributed by atoms with van der Waals surface area (Å²) in [6.07, 6.45) is 4.24. The largest absolute Gasteiger partial charge is 0.491 e. The summed E-state index contributed by atoms with van der Waals surface area (Å²) in [5.41, 5.74) is 7.04. The molecule has 0 atom stereocenters. The molecule has 0 aliphatic carbocycles. The summed E-state index contributed by atoms with van der Waals surface area (Å²) in [6, 6.07) is 22.9. The van der Waals surface area contributed by atoms with E-state index in [2.05, 4.69) is 91.1 Å². The van der Waals surface area contributed by atoms with Gasteiger partial charge in [-0.2, -0.15) is 4.57 Å². The van der Waals surface area contributed by atoms with E-state index in [9.17, 15) is 0 Å². The van der Waals surface area contributed by atoms with E-state index < -0.39 is 0 Å². The quantitative estimate of drug-likeness (QED) is 0.227. The zero-order chi connectivity index (χ0) is 22.7. The van der Waals surface area contributed by atoms with Crippen LogP contribution in [0, 0.1) is 0 Å². The van der Waals surface area contributed by atoms with Gasteiger partial charge in [-0.1, -0.05) is 68.5 Å². The molecule has 3 aromatic carbocycles. The molecule has 0 saturated carbocycles. The number of aliphatic imine (C=N–C) groups is 1. The lowest BCUT2D eigenvalue weighted by molar-refractivity contribution is -0.618. The van der Waals surface area contributed by atoms with Gasteiger partial charge in [0.1, 0.15) is 12.6 Å². The van der Waals surface area contributed by atoms with Gasteiger partial charge in [0, 0.05) is 35.9 Å². The third kappa shape index (κ3) is 3.89. The van der Waals surface area contributed by atoms with Crippen LogP contribution in [0.5, 0.6) is 5.75 Å². The number of aromatic nitrogens is 2. The molecule has 32 heavy (non-hydrogen) atoms. The van der Waals surface area contributed by atoms with E-state index in [4.69, 9.17) is 9.72 Å². The summed E-state index contributed by atoms with van der Waals surface area (Å²) in [4.78, 5) is 9.67. The van der Waals surface area contributed by atoms with Crippen molar-refractivity contribution in [2.75, 3.05) is 13.7 Å². The zero-order valence-corrected chi connectivity index (χ0v) is 19.5. The molecule has 4 aromatic rings. The Bertz CT molecular complexity index is 1320. The predicted molar refractivity (Wildman–Crippen MR) is 133 cm³/mol. The number of para-hydroxylation sites is 2. The molecule has 1 heterocycles. The number of fused-ring (bicyclic) bond motifs is 2. The molecule has 0 N–H and O–H groups in total. The molecule has 4 nitrogen and oxygen atoms in total. The van der Waals surface area contributed by atoms with Crippen molar-refractivity contribution in [1.29, 1.82) is 0 Å². The lowest BCUT2D eigenvalue weighted by Crippen LogP contribution is -2.31. The Hall–Kier alpha value is -3.53. The zero-order valence-electron chi connectivity index (χ0n) is 19.5. The monoisotopic (exact) mass is 424 g/mol. The molecule has 0 bridgehead atoms. The van der Waals surface area contributed by atoms with Crippen molar-refractivity contribution in [3.63, 3.8) is 0 Å². The molecule has 0 aliphatic heterocycles. The Morgan fingerprint density at radius 2 is 1.66 bits per heavy atom. The van der Waals surface area contributed by atoms with Crippen LogP contribution in [-0.2, 0) is 12.5 Å². The van der Waals surface area contributed by atoms with Crippen LogP contribution in [0.15, 0.2) is 77.8 Å². The van der Waals surface area contributed by atoms with Gasteiger partial charge in [0.2, 0.25) is 11.0 Å². The van der Waals surface area contributed by atoms with E-state index in [1.165, 1.54) is 5.56 Å². The van der Waals surface area contributed by atoms with Gasteiger partial charge in [0.25, 0.3) is 0 Å². The summed E-state index contributed by atoms with van der Waals surface area (Å²) in [5.74, 6) is 0.808. The fourth-order valence-electron chi connectivity index (χ4n) is 4.22. The smallest absolute Gasteiger partial charge is 0.235 e. The molecule has 4 heteroatoms. The molecular weight excluding hydrogens is 394 g/mol. The second-order valence-corrected chi connectivity index (χ2v) is 8.38. The Balaban J connectivity index is 1.83. The first-order chi connectivity index (χ1) is 15.5. The highest BCUT2D eigenvalue weighted by atomic mass is 16.5. The van der Waals surface area contributed by atoms with Gasteiger partial charge in [-0.05, 0) is 24.6 Å². The Kier molecular flexibility index (Phi) is 6.04. The van der Waals surface area contributed by atoms with Crippen LogP contribution in [0.25, 0.3) is 28.1 Å². The fraction of sp³-hybridized carbons (Fsp3) is 0.250. The van der Waals surface area contributed by atoms with Crippen molar-refractivity contribution in [3.05, 3.63) is 83.9 Å². The number of rotatable bonds is 6. The van der Waals surface area contributed by atoms with E-state index in [0.29, 0.717) is 6.61 Å². The van der Waals surface area contributed by atoms with Crippen molar-refractivity contribution in [1.82, 2.24) is 4.98 Å². The Morgan fingerprint density at radius 1 is 0.969 bits per heavy atom. The SMILES string of the molecule is CCOc1cccc2c1nc1c(/C=C/C(=NC)C(C)(C)c3ccccc3)cccc1[n+]2C. The van der Waals surface area contributed by atoms with Crippen LogP contribution in [-0.4, -0.2) is 24.4 Å². The summed E-state index contributed by atoms with van der Waals surface area (Å²) in [5, 5.41) is 0. The minimum atomic E-state index is -0.204. The first-order valence-electron chi connectivity index (χ1n) is 11.0. The van der Waals surface area contributed by atoms with Crippen molar-refractivity contribution in [2.45, 2.75) is 26.2 Å². The lowest BCUT2D eigenvalue weighted by atomic mass is 9.79. The maximum absolute atomic E-state index is 5.86. The van der Waals surface area contributed by atoms with Crippen LogP contribution in [0.1, 0.15) is 31.9 Å². The average Bonchev–Trinajstić information content (AvgIpc) is 2.81. The molecule has 0 saturated heterocycles. The number of hydrogen-bond acceptors (Lipinski definition) is 3. The standard InChI is InChI=1S/C28H30N3O/c1-6-32-24-17-11-16-23-27(24)30-26-20(12-10-15-22(26)31(23)5)18-19-25(29-4)28(2,3)21-13-8-7-9-14-21/h7-19H,6H2,1-5H3/q+1/b19-18+,29-25?. The van der Waals surface area contributed by atoms with Crippen molar-refractivity contribution < 1.29 is 9.30 Å². The van der Waals surface area contributed by atoms with Crippen molar-refractivity contribution in [2.24, 2.45) is 12.0 Å². The van der Waals surface area contributed by atoms with Crippen molar-refractivity contribution in [3.8, 4) is 5.75 Å². The number of ether oxygens (including phenoxy) is 1. The van der Waals surface area contributed by atoms with E-state index in [1.807, 2.05) is 32.2 Å². The number of aryl methyl sites for hydroxylation is 1. The molecule has 0 amide bonds. The molecule has 0 aliphatic rings. The summed E-state index contributed by atoms with van der Waals surface area (Å²) >= 11 is 0. The number of allylic oxidation sites excluding steroid dienone is 1. The summed E-state index contributed by atoms with van der Waals surface area (Å²) in [7, 11) is 3.93. The van der Waals surface area contributed by atoms with E-state index >= 15 is 0 Å². The molecule has 162 valence electrons. The predicted octanol–water partition coefficient (Wildman–Crippen LogP) is 5.67. The van der Waals surface area contributed by atoms with Crippen LogP contribution in [0.4, 0.5) is 0 Å². The molecule has 4 rings (SSSR count). The van der Waals surface area contributed by atoms with Crippen molar-refractivity contribution >= 4 is 33.9 Å². The first-order valence-corrected chi connectivity index (χ1v) is 11.0. The van der Waals surface area contributed by atoms with Crippen LogP contribution in [0.2, 0.25) is 0 Å². The number of benzene rings is 3. The third-order valence-electron chi connectivity index (χ3n) is 6.07. The van der Waals surface area contributed by atoms with Gasteiger partial charge in [0.05, 0.1) is 6.61 Å². The van der Waals surface area contributed by atoms with E-state index in [-0.39, 0.29) is 5.41 Å². The average molecular weight is 425 g/mol. The third-order valence-corrected chi connectivity index (χ3v) is 6.07. The van der Waals surface area contributed by atoms with Crippen LogP contribution < -0.4 is 9.30 Å². The normalized spacial score (nSPS) is 12.7. The summed E-state index contributed by atoms with van der Waals surface area (Å²) < 4.78 is 8.04. The minimum Gasteiger partial charge on any atom is -0.491 e. The molecule has 0 spiro atoms. The van der Waals surface area contributed by atoms with Gasteiger partial charge in [-0.25, -0.2) is 4.98 Å². The van der Waals surface area contributed by atoms with Gasteiger partial charge < -0.3 is 4.74 Å². The second-order valence-electron chi connectivity index (χ2n) is 8.38.